The summed E-state index contributed by atoms with van der Waals surface area (Å²) < 4.78 is 10.5. The van der Waals surface area contributed by atoms with E-state index in [1.807, 2.05) is 6.92 Å². The van der Waals surface area contributed by atoms with Crippen LogP contribution in [0.2, 0.25) is 0 Å². The largest absolute Gasteiger partial charge is 0.441 e. The molecule has 1 aromatic heterocycles. The number of rotatable bonds is 5. The zero-order valence-electron chi connectivity index (χ0n) is 14.5. The fraction of sp³-hybridized carbons (Fsp3) is 0.733. The van der Waals surface area contributed by atoms with Crippen LogP contribution in [0.15, 0.2) is 4.52 Å². The lowest BCUT2D eigenvalue weighted by molar-refractivity contribution is -0.132. The third kappa shape index (κ3) is 4.40. The van der Waals surface area contributed by atoms with Crippen LogP contribution in [0.4, 0.5) is 4.79 Å². The number of likely N-dealkylation sites (N-methyl/N-ethyl adjacent to an activating group) is 1. The Bertz CT molecular complexity index is 617. The number of hydrogen-bond donors (Lipinski definition) is 1. The molecule has 1 spiro atoms. The van der Waals surface area contributed by atoms with Crippen molar-refractivity contribution in [3.8, 4) is 0 Å². The molecular weight excluding hydrogens is 350 g/mol. The minimum Gasteiger partial charge on any atom is -0.441 e. The van der Waals surface area contributed by atoms with E-state index in [4.69, 9.17) is 9.26 Å². The summed E-state index contributed by atoms with van der Waals surface area (Å²) in [7, 11) is 0. The molecule has 0 atom stereocenters. The molecule has 0 saturated carbocycles. The highest BCUT2D eigenvalue weighted by atomic mass is 35.5. The van der Waals surface area contributed by atoms with Crippen LogP contribution in [0.5, 0.6) is 0 Å². The lowest BCUT2D eigenvalue weighted by Gasteiger charge is -2.31. The molecule has 25 heavy (non-hydrogen) atoms. The number of carbonyl (C=O) groups is 2. The SMILES string of the molecule is CCN(Cc1noc(C)n1)C(=O)CN1CC2(CCNCC2)OC1=O.Cl. The summed E-state index contributed by atoms with van der Waals surface area (Å²) in [5.41, 5.74) is -0.440. The third-order valence-electron chi connectivity index (χ3n) is 4.52. The number of aromatic nitrogens is 2. The first-order valence-electron chi connectivity index (χ1n) is 8.27. The van der Waals surface area contributed by atoms with E-state index in [1.165, 1.54) is 4.90 Å². The molecule has 2 fully saturated rings. The van der Waals surface area contributed by atoms with Crippen molar-refractivity contribution in [2.45, 2.75) is 38.8 Å². The van der Waals surface area contributed by atoms with Crippen molar-refractivity contribution in [3.05, 3.63) is 11.7 Å². The van der Waals surface area contributed by atoms with Crippen LogP contribution in [0.3, 0.4) is 0 Å². The topological polar surface area (TPSA) is 101 Å². The smallest absolute Gasteiger partial charge is 0.410 e. The molecule has 1 aromatic rings. The second kappa shape index (κ2) is 8.01. The van der Waals surface area contributed by atoms with E-state index in [0.717, 1.165) is 25.9 Å². The van der Waals surface area contributed by atoms with E-state index in [1.54, 1.807) is 11.8 Å². The second-order valence-electron chi connectivity index (χ2n) is 6.29. The van der Waals surface area contributed by atoms with Crippen LogP contribution < -0.4 is 5.32 Å². The van der Waals surface area contributed by atoms with Gasteiger partial charge in [-0.25, -0.2) is 4.79 Å². The molecule has 3 rings (SSSR count). The lowest BCUT2D eigenvalue weighted by atomic mass is 9.92. The summed E-state index contributed by atoms with van der Waals surface area (Å²) in [5.74, 6) is 0.772. The summed E-state index contributed by atoms with van der Waals surface area (Å²) in [6.07, 6.45) is 1.16. The Hall–Kier alpha value is -1.87. The maximum atomic E-state index is 12.5. The lowest BCUT2D eigenvalue weighted by Crippen LogP contribution is -2.46. The summed E-state index contributed by atoms with van der Waals surface area (Å²) in [6.45, 7) is 6.49. The highest BCUT2D eigenvalue weighted by Crippen LogP contribution is 2.30. The maximum Gasteiger partial charge on any atom is 0.410 e. The van der Waals surface area contributed by atoms with Gasteiger partial charge in [0.2, 0.25) is 11.8 Å². The van der Waals surface area contributed by atoms with Gasteiger partial charge in [-0.05, 0) is 20.0 Å². The predicted molar refractivity (Wildman–Crippen MR) is 90.3 cm³/mol. The number of nitrogens with one attached hydrogen (secondary N) is 1. The van der Waals surface area contributed by atoms with Crippen molar-refractivity contribution >= 4 is 24.4 Å². The maximum absolute atomic E-state index is 12.5. The summed E-state index contributed by atoms with van der Waals surface area (Å²) in [5, 5.41) is 7.06. The van der Waals surface area contributed by atoms with Crippen molar-refractivity contribution in [2.75, 3.05) is 32.7 Å². The van der Waals surface area contributed by atoms with Gasteiger partial charge in [-0.15, -0.1) is 12.4 Å². The number of aryl methyl sites for hydroxylation is 1. The van der Waals surface area contributed by atoms with E-state index in [-0.39, 0.29) is 31.4 Å². The molecule has 0 radical (unpaired) electrons. The van der Waals surface area contributed by atoms with Gasteiger partial charge in [0, 0.05) is 26.3 Å². The average molecular weight is 374 g/mol. The van der Waals surface area contributed by atoms with E-state index in [0.29, 0.717) is 24.8 Å². The molecule has 3 heterocycles. The van der Waals surface area contributed by atoms with Crippen molar-refractivity contribution in [3.63, 3.8) is 0 Å². The molecule has 0 aliphatic carbocycles. The normalized spacial score (nSPS) is 18.8. The second-order valence-corrected chi connectivity index (χ2v) is 6.29. The summed E-state index contributed by atoms with van der Waals surface area (Å²) >= 11 is 0. The van der Waals surface area contributed by atoms with Crippen molar-refractivity contribution < 1.29 is 18.8 Å². The molecule has 0 bridgehead atoms. The highest BCUT2D eigenvalue weighted by molar-refractivity contribution is 5.85. The van der Waals surface area contributed by atoms with Crippen LogP contribution in [0.1, 0.15) is 31.5 Å². The Morgan fingerprint density at radius 3 is 2.72 bits per heavy atom. The van der Waals surface area contributed by atoms with Crippen LogP contribution >= 0.6 is 12.4 Å². The van der Waals surface area contributed by atoms with Crippen molar-refractivity contribution in [2.24, 2.45) is 0 Å². The molecule has 2 aliphatic rings. The third-order valence-corrected chi connectivity index (χ3v) is 4.52. The Balaban J connectivity index is 0.00000225. The zero-order valence-corrected chi connectivity index (χ0v) is 15.3. The molecule has 10 heteroatoms. The van der Waals surface area contributed by atoms with Crippen LogP contribution in [0, 0.1) is 6.92 Å². The minimum absolute atomic E-state index is 0. The number of nitrogens with zero attached hydrogens (tertiary/aromatic N) is 4. The van der Waals surface area contributed by atoms with E-state index in [2.05, 4.69) is 15.5 Å². The van der Waals surface area contributed by atoms with Gasteiger partial charge in [-0.2, -0.15) is 4.98 Å². The van der Waals surface area contributed by atoms with Gasteiger partial charge in [-0.3, -0.25) is 9.69 Å². The number of ether oxygens (including phenoxy) is 1. The monoisotopic (exact) mass is 373 g/mol. The molecule has 140 valence electrons. The number of hydrogen-bond acceptors (Lipinski definition) is 7. The minimum atomic E-state index is -0.440. The van der Waals surface area contributed by atoms with E-state index in [9.17, 15) is 9.59 Å². The van der Waals surface area contributed by atoms with Gasteiger partial charge >= 0.3 is 6.09 Å². The van der Waals surface area contributed by atoms with Crippen molar-refractivity contribution in [1.82, 2.24) is 25.3 Å². The molecule has 2 aliphatic heterocycles. The Morgan fingerprint density at radius 1 is 1.40 bits per heavy atom. The summed E-state index contributed by atoms with van der Waals surface area (Å²) in [4.78, 5) is 31.9. The first kappa shape index (κ1) is 19.5. The Morgan fingerprint density at radius 2 is 2.12 bits per heavy atom. The molecular formula is C15H24ClN5O4. The Kier molecular flexibility index (Phi) is 6.23. The highest BCUT2D eigenvalue weighted by Gasteiger charge is 2.46. The molecule has 2 amide bonds. The molecule has 2 saturated heterocycles. The van der Waals surface area contributed by atoms with Crippen LogP contribution in [0.25, 0.3) is 0 Å². The summed E-state index contributed by atoms with van der Waals surface area (Å²) in [6, 6.07) is 0. The number of amides is 2. The van der Waals surface area contributed by atoms with Gasteiger partial charge in [0.15, 0.2) is 5.82 Å². The molecule has 0 aromatic carbocycles. The predicted octanol–water partition coefficient (Wildman–Crippen LogP) is 0.723. The number of carbonyl (C=O) groups excluding carboxylic acids is 2. The number of halogens is 1. The fourth-order valence-corrected chi connectivity index (χ4v) is 3.17. The molecule has 1 N–H and O–H groups in total. The molecule has 9 nitrogen and oxygen atoms in total. The zero-order chi connectivity index (χ0) is 17.2. The van der Waals surface area contributed by atoms with Gasteiger partial charge in [0.05, 0.1) is 13.1 Å². The molecule has 0 unspecified atom stereocenters. The average Bonchev–Trinajstić information content (AvgIpc) is 3.09. The van der Waals surface area contributed by atoms with Crippen LogP contribution in [-0.4, -0.2) is 70.3 Å². The van der Waals surface area contributed by atoms with Crippen LogP contribution in [-0.2, 0) is 16.1 Å². The van der Waals surface area contributed by atoms with Crippen molar-refractivity contribution in [1.29, 1.82) is 0 Å². The van der Waals surface area contributed by atoms with Gasteiger partial charge in [-0.1, -0.05) is 5.16 Å². The fourth-order valence-electron chi connectivity index (χ4n) is 3.17. The first-order chi connectivity index (χ1) is 11.5. The number of piperidine rings is 1. The standard InChI is InChI=1S/C15H23N5O4.ClH/c1-3-19(8-12-17-11(2)24-18-12)13(21)9-20-10-15(23-14(20)22)4-6-16-7-5-15;/h16H,3-10H2,1-2H3;1H. The van der Waals surface area contributed by atoms with Gasteiger partial charge in [0.1, 0.15) is 12.1 Å². The van der Waals surface area contributed by atoms with E-state index < -0.39 is 11.7 Å². The Labute approximate surface area is 152 Å². The quantitative estimate of drug-likeness (QED) is 0.811. The van der Waals surface area contributed by atoms with Gasteiger partial charge in [0.25, 0.3) is 0 Å². The van der Waals surface area contributed by atoms with Gasteiger partial charge < -0.3 is 19.5 Å². The first-order valence-corrected chi connectivity index (χ1v) is 8.27. The van der Waals surface area contributed by atoms with E-state index >= 15 is 0 Å².